The standard InChI is InChI=1S/C12H28N2O.C8H18BrN.C4H11NO/c1-4-7-14(8-5-2)10-9-13(6-3)11-12-15;1-3-6-10(7-4-2)8-5-9;1-2-5-3-4-6/h15H,4-12H2,1-3H3;3-8H2,1-2H3;5-6H,2-4H2,1H3. The zero-order chi connectivity index (χ0) is 24.2. The van der Waals surface area contributed by atoms with Crippen LogP contribution in [0.1, 0.15) is 67.2 Å². The van der Waals surface area contributed by atoms with Gasteiger partial charge in [-0.15, -0.1) is 0 Å². The van der Waals surface area contributed by atoms with Gasteiger partial charge in [0.15, 0.2) is 0 Å². The lowest BCUT2D eigenvalue weighted by Crippen LogP contribution is -2.37. The van der Waals surface area contributed by atoms with E-state index in [9.17, 15) is 0 Å². The Labute approximate surface area is 203 Å². The topological polar surface area (TPSA) is 62.2 Å². The van der Waals surface area contributed by atoms with Crippen molar-refractivity contribution in [2.24, 2.45) is 0 Å². The molecule has 7 heteroatoms. The molecule has 0 spiro atoms. The Balaban J connectivity index is -0.000000421. The highest BCUT2D eigenvalue weighted by Crippen LogP contribution is 1.96. The minimum atomic E-state index is 0.244. The fourth-order valence-electron chi connectivity index (χ4n) is 3.16. The molecule has 0 bridgehead atoms. The zero-order valence-corrected chi connectivity index (χ0v) is 23.4. The van der Waals surface area contributed by atoms with Crippen molar-refractivity contribution in [3.8, 4) is 0 Å². The largest absolute Gasteiger partial charge is 0.395 e. The van der Waals surface area contributed by atoms with Gasteiger partial charge in [0.1, 0.15) is 0 Å². The van der Waals surface area contributed by atoms with Crippen LogP contribution in [-0.2, 0) is 0 Å². The van der Waals surface area contributed by atoms with E-state index in [0.29, 0.717) is 0 Å². The second-order valence-corrected chi connectivity index (χ2v) is 8.40. The molecule has 0 atom stereocenters. The number of aliphatic hydroxyl groups is 2. The third-order valence-electron chi connectivity index (χ3n) is 4.69. The van der Waals surface area contributed by atoms with E-state index in [4.69, 9.17) is 10.2 Å². The number of nitrogens with one attached hydrogen (secondary N) is 1. The van der Waals surface area contributed by atoms with Gasteiger partial charge in [-0.25, -0.2) is 0 Å². The third kappa shape index (κ3) is 30.2. The molecular weight excluding hydrogens is 456 g/mol. The van der Waals surface area contributed by atoms with E-state index in [1.54, 1.807) is 0 Å². The summed E-state index contributed by atoms with van der Waals surface area (Å²) in [5, 5.41) is 21.1. The summed E-state index contributed by atoms with van der Waals surface area (Å²) < 4.78 is 0. The molecular formula is C24H57BrN4O2. The van der Waals surface area contributed by atoms with Crippen LogP contribution < -0.4 is 5.32 Å². The second kappa shape index (κ2) is 32.4. The first-order valence-electron chi connectivity index (χ1n) is 12.7. The fourth-order valence-corrected chi connectivity index (χ4v) is 3.66. The number of hydrogen-bond donors (Lipinski definition) is 3. The molecule has 31 heavy (non-hydrogen) atoms. The molecule has 0 aromatic rings. The summed E-state index contributed by atoms with van der Waals surface area (Å²) in [6.07, 6.45) is 5.00. The minimum absolute atomic E-state index is 0.244. The molecule has 0 aliphatic heterocycles. The van der Waals surface area contributed by atoms with Gasteiger partial charge in [0.05, 0.1) is 13.2 Å². The maximum atomic E-state index is 8.88. The molecule has 0 saturated carbocycles. The lowest BCUT2D eigenvalue weighted by atomic mass is 10.3. The fraction of sp³-hybridized carbons (Fsp3) is 1.00. The Hall–Kier alpha value is 0.240. The van der Waals surface area contributed by atoms with E-state index in [1.807, 2.05) is 6.92 Å². The molecule has 0 amide bonds. The molecule has 6 nitrogen and oxygen atoms in total. The van der Waals surface area contributed by atoms with Crippen LogP contribution in [0, 0.1) is 0 Å². The molecule has 0 heterocycles. The van der Waals surface area contributed by atoms with Crippen molar-refractivity contribution in [3.05, 3.63) is 0 Å². The van der Waals surface area contributed by atoms with Gasteiger partial charge in [-0.1, -0.05) is 57.5 Å². The van der Waals surface area contributed by atoms with Crippen LogP contribution in [0.4, 0.5) is 0 Å². The van der Waals surface area contributed by atoms with Crippen LogP contribution in [-0.4, -0.2) is 115 Å². The number of hydrogen-bond acceptors (Lipinski definition) is 6. The third-order valence-corrected chi connectivity index (χ3v) is 5.05. The summed E-state index contributed by atoms with van der Waals surface area (Å²) in [7, 11) is 0. The summed E-state index contributed by atoms with van der Waals surface area (Å²) in [6, 6.07) is 0. The normalized spacial score (nSPS) is 10.8. The minimum Gasteiger partial charge on any atom is -0.395 e. The van der Waals surface area contributed by atoms with Crippen molar-refractivity contribution >= 4 is 15.9 Å². The highest BCUT2D eigenvalue weighted by Gasteiger charge is 2.06. The predicted octanol–water partition coefficient (Wildman–Crippen LogP) is 3.51. The number of likely N-dealkylation sites (N-methyl/N-ethyl adjacent to an activating group) is 2. The number of rotatable bonds is 19. The Morgan fingerprint density at radius 1 is 0.581 bits per heavy atom. The van der Waals surface area contributed by atoms with Gasteiger partial charge in [0, 0.05) is 38.1 Å². The first kappa shape index (κ1) is 35.8. The second-order valence-electron chi connectivity index (χ2n) is 7.61. The van der Waals surface area contributed by atoms with Gasteiger partial charge in [-0.3, -0.25) is 0 Å². The van der Waals surface area contributed by atoms with Crippen molar-refractivity contribution in [2.45, 2.75) is 67.2 Å². The molecule has 0 aliphatic carbocycles. The van der Waals surface area contributed by atoms with Crippen LogP contribution in [0.2, 0.25) is 0 Å². The SMILES string of the molecule is CCCN(CCC)CCBr.CCCN(CCC)CCN(CC)CCO.CCNCCO. The van der Waals surface area contributed by atoms with Gasteiger partial charge >= 0.3 is 0 Å². The molecule has 0 fully saturated rings. The first-order chi connectivity index (χ1) is 15.0. The number of aliphatic hydroxyl groups excluding tert-OH is 2. The monoisotopic (exact) mass is 512 g/mol. The summed E-state index contributed by atoms with van der Waals surface area (Å²) >= 11 is 3.45. The Bertz CT molecular complexity index is 278. The maximum Gasteiger partial charge on any atom is 0.0558 e. The lowest BCUT2D eigenvalue weighted by molar-refractivity contribution is 0.173. The van der Waals surface area contributed by atoms with Crippen LogP contribution in [0.15, 0.2) is 0 Å². The first-order valence-corrected chi connectivity index (χ1v) is 13.8. The van der Waals surface area contributed by atoms with E-state index in [1.165, 1.54) is 58.4 Å². The summed E-state index contributed by atoms with van der Waals surface area (Å²) in [5.41, 5.74) is 0. The highest BCUT2D eigenvalue weighted by molar-refractivity contribution is 9.09. The van der Waals surface area contributed by atoms with Gasteiger partial charge in [-0.2, -0.15) is 0 Å². The Kier molecular flexibility index (Phi) is 37.5. The molecule has 192 valence electrons. The molecule has 3 N–H and O–H groups in total. The molecule has 0 aromatic heterocycles. The van der Waals surface area contributed by atoms with Gasteiger partial charge < -0.3 is 30.2 Å². The molecule has 0 radical (unpaired) electrons. The van der Waals surface area contributed by atoms with Crippen molar-refractivity contribution in [2.75, 3.05) is 90.5 Å². The smallest absolute Gasteiger partial charge is 0.0558 e. The Morgan fingerprint density at radius 2 is 1.03 bits per heavy atom. The van der Waals surface area contributed by atoms with E-state index in [0.717, 1.165) is 44.6 Å². The zero-order valence-electron chi connectivity index (χ0n) is 21.8. The predicted molar refractivity (Wildman–Crippen MR) is 143 cm³/mol. The van der Waals surface area contributed by atoms with Crippen molar-refractivity contribution in [1.82, 2.24) is 20.0 Å². The van der Waals surface area contributed by atoms with Gasteiger partial charge in [-0.05, 0) is 65.0 Å². The quantitative estimate of drug-likeness (QED) is 0.182. The average Bonchev–Trinajstić information content (AvgIpc) is 2.77. The molecule has 0 aliphatic rings. The summed E-state index contributed by atoms with van der Waals surface area (Å²) in [5.74, 6) is 0. The van der Waals surface area contributed by atoms with Crippen molar-refractivity contribution in [3.63, 3.8) is 0 Å². The van der Waals surface area contributed by atoms with Gasteiger partial charge in [0.25, 0.3) is 0 Å². The van der Waals surface area contributed by atoms with E-state index >= 15 is 0 Å². The van der Waals surface area contributed by atoms with Gasteiger partial charge in [0.2, 0.25) is 0 Å². The van der Waals surface area contributed by atoms with Crippen molar-refractivity contribution in [1.29, 1.82) is 0 Å². The van der Waals surface area contributed by atoms with E-state index in [-0.39, 0.29) is 13.2 Å². The molecule has 0 unspecified atom stereocenters. The Morgan fingerprint density at radius 3 is 1.32 bits per heavy atom. The number of alkyl halides is 1. The van der Waals surface area contributed by atoms with Crippen LogP contribution >= 0.6 is 15.9 Å². The molecule has 0 rings (SSSR count). The molecule has 0 saturated heterocycles. The average molecular weight is 514 g/mol. The molecule has 0 aromatic carbocycles. The van der Waals surface area contributed by atoms with E-state index in [2.05, 4.69) is 70.6 Å². The van der Waals surface area contributed by atoms with Crippen LogP contribution in [0.5, 0.6) is 0 Å². The van der Waals surface area contributed by atoms with Crippen LogP contribution in [0.3, 0.4) is 0 Å². The maximum absolute atomic E-state index is 8.88. The van der Waals surface area contributed by atoms with Crippen LogP contribution in [0.25, 0.3) is 0 Å². The van der Waals surface area contributed by atoms with Crippen molar-refractivity contribution < 1.29 is 10.2 Å². The lowest BCUT2D eigenvalue weighted by Gasteiger charge is -2.25. The summed E-state index contributed by atoms with van der Waals surface area (Å²) in [6.45, 7) is 25.4. The number of halogens is 1. The van der Waals surface area contributed by atoms with E-state index < -0.39 is 0 Å². The summed E-state index contributed by atoms with van der Waals surface area (Å²) in [4.78, 5) is 7.31. The highest BCUT2D eigenvalue weighted by atomic mass is 79.9. The number of nitrogens with zero attached hydrogens (tertiary/aromatic N) is 3.